The van der Waals surface area contributed by atoms with Crippen molar-refractivity contribution in [1.82, 2.24) is 14.0 Å². The Morgan fingerprint density at radius 1 is 1.09 bits per heavy atom. The summed E-state index contributed by atoms with van der Waals surface area (Å²) < 4.78 is 52.1. The first-order chi connectivity index (χ1) is 15.3. The summed E-state index contributed by atoms with van der Waals surface area (Å²) >= 11 is 0. The van der Waals surface area contributed by atoms with Crippen LogP contribution >= 0.6 is 0 Å². The van der Waals surface area contributed by atoms with Gasteiger partial charge in [0, 0.05) is 50.2 Å². The van der Waals surface area contributed by atoms with E-state index in [2.05, 4.69) is 0 Å². The Hall–Kier alpha value is -3.04. The SMILES string of the molecule is Cn1ccn(-c2ccc(F)c(O[C@H]3c4cc(F)cc(F)c4C[C@@H]3N3CCC(O)C3)c2)c1=O. The fourth-order valence-corrected chi connectivity index (χ4v) is 4.68. The molecule has 1 aromatic heterocycles. The van der Waals surface area contributed by atoms with Gasteiger partial charge in [-0.2, -0.15) is 0 Å². The van der Waals surface area contributed by atoms with Gasteiger partial charge in [-0.15, -0.1) is 0 Å². The third-order valence-electron chi connectivity index (χ3n) is 6.32. The smallest absolute Gasteiger partial charge is 0.332 e. The van der Waals surface area contributed by atoms with E-state index in [1.165, 1.54) is 33.4 Å². The van der Waals surface area contributed by atoms with E-state index in [4.69, 9.17) is 4.74 Å². The summed E-state index contributed by atoms with van der Waals surface area (Å²) in [5.41, 5.74) is 0.764. The van der Waals surface area contributed by atoms with Gasteiger partial charge >= 0.3 is 5.69 Å². The maximum atomic E-state index is 14.7. The lowest BCUT2D eigenvalue weighted by molar-refractivity contribution is 0.0789. The van der Waals surface area contributed by atoms with Gasteiger partial charge in [-0.3, -0.25) is 9.47 Å². The molecule has 2 heterocycles. The number of aromatic nitrogens is 2. The van der Waals surface area contributed by atoms with Gasteiger partial charge in [0.2, 0.25) is 0 Å². The Bertz CT molecular complexity index is 1240. The van der Waals surface area contributed by atoms with Gasteiger partial charge in [-0.1, -0.05) is 0 Å². The minimum absolute atomic E-state index is 0.120. The van der Waals surface area contributed by atoms with Crippen molar-refractivity contribution in [3.63, 3.8) is 0 Å². The number of hydrogen-bond donors (Lipinski definition) is 1. The molecule has 1 aliphatic heterocycles. The number of β-amino-alcohol motifs (C(OH)–C–C–N with tert-alkyl or cyclic N) is 1. The van der Waals surface area contributed by atoms with Crippen LogP contribution in [0.1, 0.15) is 23.7 Å². The summed E-state index contributed by atoms with van der Waals surface area (Å²) in [5.74, 6) is -2.17. The highest BCUT2D eigenvalue weighted by atomic mass is 19.1. The molecular weight excluding hydrogens is 423 g/mol. The number of likely N-dealkylation sites (tertiary alicyclic amines) is 1. The molecule has 5 rings (SSSR count). The Labute approximate surface area is 182 Å². The molecule has 3 aromatic rings. The van der Waals surface area contributed by atoms with Gasteiger partial charge < -0.3 is 14.4 Å². The van der Waals surface area contributed by atoms with Crippen molar-refractivity contribution in [2.45, 2.75) is 31.1 Å². The number of aliphatic hydroxyl groups is 1. The number of aliphatic hydroxyl groups excluding tert-OH is 1. The number of aryl methyl sites for hydroxylation is 1. The molecule has 168 valence electrons. The minimum atomic E-state index is -0.835. The molecule has 1 unspecified atom stereocenters. The zero-order valence-corrected chi connectivity index (χ0v) is 17.3. The number of benzene rings is 2. The number of imidazole rings is 1. The van der Waals surface area contributed by atoms with E-state index >= 15 is 0 Å². The molecule has 0 saturated carbocycles. The summed E-state index contributed by atoms with van der Waals surface area (Å²) in [7, 11) is 1.60. The third kappa shape index (κ3) is 3.51. The van der Waals surface area contributed by atoms with Crippen LogP contribution in [0.3, 0.4) is 0 Å². The summed E-state index contributed by atoms with van der Waals surface area (Å²) in [6.45, 7) is 0.955. The van der Waals surface area contributed by atoms with Crippen LogP contribution in [0.25, 0.3) is 5.69 Å². The number of hydrogen-bond acceptors (Lipinski definition) is 4. The highest BCUT2D eigenvalue weighted by Crippen LogP contribution is 2.41. The lowest BCUT2D eigenvalue weighted by Crippen LogP contribution is -2.39. The maximum absolute atomic E-state index is 14.7. The van der Waals surface area contributed by atoms with Crippen LogP contribution in [-0.2, 0) is 13.5 Å². The van der Waals surface area contributed by atoms with E-state index in [9.17, 15) is 23.1 Å². The van der Waals surface area contributed by atoms with Crippen molar-refractivity contribution in [3.8, 4) is 11.4 Å². The Kier molecular flexibility index (Phi) is 5.10. The van der Waals surface area contributed by atoms with Crippen LogP contribution in [0.5, 0.6) is 5.75 Å². The largest absolute Gasteiger partial charge is 0.481 e. The Balaban J connectivity index is 1.54. The van der Waals surface area contributed by atoms with Gasteiger partial charge in [0.05, 0.1) is 17.8 Å². The monoisotopic (exact) mass is 445 g/mol. The van der Waals surface area contributed by atoms with Crippen molar-refractivity contribution >= 4 is 0 Å². The topological polar surface area (TPSA) is 59.6 Å². The highest BCUT2D eigenvalue weighted by Gasteiger charge is 2.42. The molecule has 6 nitrogen and oxygen atoms in total. The fourth-order valence-electron chi connectivity index (χ4n) is 4.68. The Morgan fingerprint density at radius 3 is 2.59 bits per heavy atom. The average molecular weight is 445 g/mol. The van der Waals surface area contributed by atoms with Crippen molar-refractivity contribution in [2.75, 3.05) is 13.1 Å². The molecule has 1 fully saturated rings. The van der Waals surface area contributed by atoms with Crippen LogP contribution in [0, 0.1) is 17.5 Å². The summed E-state index contributed by atoms with van der Waals surface area (Å²) in [5, 5.41) is 9.98. The quantitative estimate of drug-likeness (QED) is 0.671. The minimum Gasteiger partial charge on any atom is -0.481 e. The second kappa shape index (κ2) is 7.83. The standard InChI is InChI=1S/C23H22F3N3O3/c1-27-6-7-29(23(27)31)14-2-3-18(25)21(10-14)32-22-17-8-13(24)9-19(26)16(17)11-20(22)28-5-4-15(30)12-28/h2-3,6-10,15,20,22,30H,4-5,11-12H2,1H3/t15?,20-,22-/m0/s1. The molecule has 32 heavy (non-hydrogen) atoms. The highest BCUT2D eigenvalue weighted by molar-refractivity contribution is 5.43. The predicted molar refractivity (Wildman–Crippen MR) is 110 cm³/mol. The van der Waals surface area contributed by atoms with Crippen LogP contribution in [-0.4, -0.2) is 44.4 Å². The van der Waals surface area contributed by atoms with Gasteiger partial charge in [-0.25, -0.2) is 18.0 Å². The van der Waals surface area contributed by atoms with Crippen molar-refractivity contribution in [2.24, 2.45) is 7.05 Å². The van der Waals surface area contributed by atoms with Gasteiger partial charge in [0.15, 0.2) is 11.6 Å². The molecule has 3 atom stereocenters. The second-order valence-corrected chi connectivity index (χ2v) is 8.38. The first-order valence-corrected chi connectivity index (χ1v) is 10.4. The van der Waals surface area contributed by atoms with Crippen LogP contribution in [0.15, 0.2) is 47.5 Å². The number of fused-ring (bicyclic) bond motifs is 1. The molecule has 2 aliphatic rings. The van der Waals surface area contributed by atoms with Crippen molar-refractivity contribution in [3.05, 3.63) is 81.8 Å². The van der Waals surface area contributed by atoms with Crippen molar-refractivity contribution in [1.29, 1.82) is 0 Å². The van der Waals surface area contributed by atoms with E-state index in [-0.39, 0.29) is 23.9 Å². The molecule has 2 aromatic carbocycles. The third-order valence-corrected chi connectivity index (χ3v) is 6.32. The lowest BCUT2D eigenvalue weighted by atomic mass is 10.1. The molecule has 0 radical (unpaired) electrons. The second-order valence-electron chi connectivity index (χ2n) is 8.38. The number of nitrogens with zero attached hydrogens (tertiary/aromatic N) is 3. The van der Waals surface area contributed by atoms with Crippen molar-refractivity contribution < 1.29 is 23.0 Å². The molecule has 1 aliphatic carbocycles. The van der Waals surface area contributed by atoms with E-state index in [1.807, 2.05) is 4.90 Å². The van der Waals surface area contributed by atoms with E-state index in [0.29, 0.717) is 36.3 Å². The van der Waals surface area contributed by atoms with E-state index in [1.54, 1.807) is 19.4 Å². The fraction of sp³-hybridized carbons (Fsp3) is 0.348. The van der Waals surface area contributed by atoms with Gasteiger partial charge in [-0.05, 0) is 36.6 Å². The van der Waals surface area contributed by atoms with Crippen LogP contribution < -0.4 is 10.4 Å². The normalized spacial score (nSPS) is 23.0. The van der Waals surface area contributed by atoms with Gasteiger partial charge in [0.25, 0.3) is 0 Å². The van der Waals surface area contributed by atoms with E-state index < -0.39 is 29.7 Å². The number of halogens is 3. The summed E-state index contributed by atoms with van der Waals surface area (Å²) in [4.78, 5) is 14.3. The predicted octanol–water partition coefficient (Wildman–Crippen LogP) is 2.70. The molecule has 9 heteroatoms. The van der Waals surface area contributed by atoms with Crippen LogP contribution in [0.2, 0.25) is 0 Å². The molecule has 0 spiro atoms. The van der Waals surface area contributed by atoms with Crippen LogP contribution in [0.4, 0.5) is 13.2 Å². The maximum Gasteiger partial charge on any atom is 0.332 e. The number of ether oxygens (including phenoxy) is 1. The molecule has 1 N–H and O–H groups in total. The average Bonchev–Trinajstić information content (AvgIpc) is 3.42. The molecular formula is C23H22F3N3O3. The van der Waals surface area contributed by atoms with E-state index in [0.717, 1.165) is 6.07 Å². The molecule has 1 saturated heterocycles. The zero-order valence-electron chi connectivity index (χ0n) is 17.3. The first kappa shape index (κ1) is 20.8. The Morgan fingerprint density at radius 2 is 1.91 bits per heavy atom. The molecule has 0 amide bonds. The zero-order chi connectivity index (χ0) is 22.6. The summed E-state index contributed by atoms with van der Waals surface area (Å²) in [6.07, 6.45) is 2.63. The molecule has 0 bridgehead atoms. The lowest BCUT2D eigenvalue weighted by Gasteiger charge is -2.30. The number of rotatable bonds is 4. The first-order valence-electron chi connectivity index (χ1n) is 10.4. The summed E-state index contributed by atoms with van der Waals surface area (Å²) in [6, 6.07) is 5.72. The van der Waals surface area contributed by atoms with Gasteiger partial charge in [0.1, 0.15) is 17.7 Å².